The van der Waals surface area contributed by atoms with E-state index >= 15 is 0 Å². The number of halogens is 1. The number of hydrogen-bond acceptors (Lipinski definition) is 4. The molecule has 0 spiro atoms. The van der Waals surface area contributed by atoms with E-state index in [1.165, 1.54) is 12.1 Å². The van der Waals surface area contributed by atoms with Gasteiger partial charge in [-0.1, -0.05) is 24.8 Å². The van der Waals surface area contributed by atoms with Gasteiger partial charge in [-0.25, -0.2) is 9.07 Å². The smallest absolute Gasteiger partial charge is 0.216 e. The quantitative estimate of drug-likeness (QED) is 0.733. The predicted molar refractivity (Wildman–Crippen MR) is 86.7 cm³/mol. The molecule has 0 aliphatic carbocycles. The van der Waals surface area contributed by atoms with Crippen LogP contribution in [0.1, 0.15) is 22.9 Å². The lowest BCUT2D eigenvalue weighted by molar-refractivity contribution is 0.174. The fourth-order valence-corrected chi connectivity index (χ4v) is 2.34. The van der Waals surface area contributed by atoms with Crippen molar-refractivity contribution in [3.8, 4) is 5.88 Å². The van der Waals surface area contributed by atoms with Gasteiger partial charge in [0.1, 0.15) is 12.4 Å². The number of aromatic nitrogens is 2. The average Bonchev–Trinajstić information content (AvgIpc) is 2.79. The largest absolute Gasteiger partial charge is 0.473 e. The molecule has 2 aromatic rings. The maximum absolute atomic E-state index is 12.9. The van der Waals surface area contributed by atoms with Crippen LogP contribution in [0.25, 0.3) is 0 Å². The fourth-order valence-electron chi connectivity index (χ4n) is 2.34. The van der Waals surface area contributed by atoms with E-state index in [9.17, 15) is 9.50 Å². The van der Waals surface area contributed by atoms with E-state index in [2.05, 4.69) is 17.0 Å². The molecule has 0 fully saturated rings. The van der Waals surface area contributed by atoms with Crippen molar-refractivity contribution in [2.24, 2.45) is 7.05 Å². The Morgan fingerprint density at radius 3 is 2.78 bits per heavy atom. The third kappa shape index (κ3) is 4.40. The van der Waals surface area contributed by atoms with E-state index in [-0.39, 0.29) is 5.82 Å². The number of nitrogens with one attached hydrogen (secondary N) is 1. The van der Waals surface area contributed by atoms with Gasteiger partial charge in [-0.05, 0) is 24.6 Å². The van der Waals surface area contributed by atoms with Gasteiger partial charge >= 0.3 is 0 Å². The van der Waals surface area contributed by atoms with E-state index in [1.54, 1.807) is 22.9 Å². The summed E-state index contributed by atoms with van der Waals surface area (Å²) >= 11 is 0. The molecule has 0 bridgehead atoms. The van der Waals surface area contributed by atoms with Crippen LogP contribution in [0.5, 0.6) is 5.88 Å². The van der Waals surface area contributed by atoms with Crippen molar-refractivity contribution in [1.82, 2.24) is 15.1 Å². The number of aliphatic hydroxyl groups is 1. The van der Waals surface area contributed by atoms with E-state index in [0.717, 1.165) is 11.3 Å². The van der Waals surface area contributed by atoms with Crippen molar-refractivity contribution >= 4 is 0 Å². The second-order valence-corrected chi connectivity index (χ2v) is 5.29. The summed E-state index contributed by atoms with van der Waals surface area (Å²) in [4.78, 5) is 0. The Morgan fingerprint density at radius 1 is 1.43 bits per heavy atom. The Bertz CT molecular complexity index is 653. The second kappa shape index (κ2) is 7.89. The van der Waals surface area contributed by atoms with Gasteiger partial charge in [0.2, 0.25) is 5.88 Å². The molecule has 5 nitrogen and oxygen atoms in total. The van der Waals surface area contributed by atoms with E-state index in [4.69, 9.17) is 4.74 Å². The molecule has 0 aliphatic heterocycles. The first-order chi connectivity index (χ1) is 11.0. The predicted octanol–water partition coefficient (Wildman–Crippen LogP) is 2.26. The van der Waals surface area contributed by atoms with Crippen LogP contribution in [0.15, 0.2) is 36.9 Å². The number of benzene rings is 1. The first-order valence-electron chi connectivity index (χ1n) is 7.43. The summed E-state index contributed by atoms with van der Waals surface area (Å²) in [5, 5.41) is 17.6. The van der Waals surface area contributed by atoms with Crippen LogP contribution in [0.4, 0.5) is 4.39 Å². The molecule has 1 aromatic carbocycles. The molecule has 6 heteroatoms. The summed E-state index contributed by atoms with van der Waals surface area (Å²) in [5.41, 5.74) is 2.49. The van der Waals surface area contributed by atoms with Crippen LogP contribution >= 0.6 is 0 Å². The van der Waals surface area contributed by atoms with Gasteiger partial charge in [0.15, 0.2) is 0 Å². The zero-order valence-corrected chi connectivity index (χ0v) is 13.4. The van der Waals surface area contributed by atoms with E-state index in [0.29, 0.717) is 31.1 Å². The molecule has 0 saturated carbocycles. The van der Waals surface area contributed by atoms with Gasteiger partial charge in [0.05, 0.1) is 17.4 Å². The summed E-state index contributed by atoms with van der Waals surface area (Å²) < 4.78 is 20.2. The topological polar surface area (TPSA) is 59.3 Å². The number of nitrogens with zero attached hydrogens (tertiary/aromatic N) is 2. The summed E-state index contributed by atoms with van der Waals surface area (Å²) in [6, 6.07) is 5.83. The molecule has 1 unspecified atom stereocenters. The molecule has 2 N–H and O–H groups in total. The molecule has 0 radical (unpaired) electrons. The summed E-state index contributed by atoms with van der Waals surface area (Å²) in [6.45, 7) is 6.82. The highest BCUT2D eigenvalue weighted by molar-refractivity contribution is 5.31. The van der Waals surface area contributed by atoms with Crippen LogP contribution in [0, 0.1) is 12.7 Å². The summed E-state index contributed by atoms with van der Waals surface area (Å²) in [7, 11) is 1.82. The fraction of sp³-hybridized carbons (Fsp3) is 0.353. The number of aliphatic hydroxyl groups excluding tert-OH is 1. The molecule has 23 heavy (non-hydrogen) atoms. The molecule has 0 saturated heterocycles. The monoisotopic (exact) mass is 319 g/mol. The van der Waals surface area contributed by atoms with Gasteiger partial charge < -0.3 is 15.2 Å². The highest BCUT2D eigenvalue weighted by Gasteiger charge is 2.15. The van der Waals surface area contributed by atoms with Crippen molar-refractivity contribution < 1.29 is 14.2 Å². The van der Waals surface area contributed by atoms with Crippen LogP contribution in [-0.2, 0) is 13.6 Å². The molecule has 2 rings (SSSR count). The number of aryl methyl sites for hydroxylation is 2. The Hall–Kier alpha value is -2.18. The van der Waals surface area contributed by atoms with Gasteiger partial charge in [-0.15, -0.1) is 0 Å². The molecule has 0 amide bonds. The average molecular weight is 319 g/mol. The van der Waals surface area contributed by atoms with Crippen molar-refractivity contribution in [3.63, 3.8) is 0 Å². The van der Waals surface area contributed by atoms with Crippen molar-refractivity contribution in [2.45, 2.75) is 19.6 Å². The summed E-state index contributed by atoms with van der Waals surface area (Å²) in [5.74, 6) is 0.370. The first kappa shape index (κ1) is 17.2. The van der Waals surface area contributed by atoms with Crippen LogP contribution in [0.2, 0.25) is 0 Å². The number of hydrogen-bond donors (Lipinski definition) is 2. The summed E-state index contributed by atoms with van der Waals surface area (Å²) in [6.07, 6.45) is 0.975. The Balaban J connectivity index is 1.95. The Labute approximate surface area is 135 Å². The van der Waals surface area contributed by atoms with E-state index < -0.39 is 6.10 Å². The van der Waals surface area contributed by atoms with Crippen molar-refractivity contribution in [3.05, 3.63) is 59.6 Å². The van der Waals surface area contributed by atoms with Gasteiger partial charge in [-0.2, -0.15) is 5.10 Å². The zero-order valence-electron chi connectivity index (χ0n) is 13.4. The zero-order chi connectivity index (χ0) is 16.8. The lowest BCUT2D eigenvalue weighted by atomic mass is 10.1. The lowest BCUT2D eigenvalue weighted by Gasteiger charge is -2.13. The molecule has 1 heterocycles. The van der Waals surface area contributed by atoms with Crippen LogP contribution < -0.4 is 10.1 Å². The molecule has 0 aliphatic rings. The minimum Gasteiger partial charge on any atom is -0.473 e. The highest BCUT2D eigenvalue weighted by atomic mass is 19.1. The van der Waals surface area contributed by atoms with Gasteiger partial charge in [-0.3, -0.25) is 0 Å². The van der Waals surface area contributed by atoms with Gasteiger partial charge in [0, 0.05) is 20.1 Å². The van der Waals surface area contributed by atoms with Crippen molar-refractivity contribution in [1.29, 1.82) is 0 Å². The standard InChI is InChI=1S/C17H22FN3O2/c1-4-9-23-17-15(12(2)20-21(17)3)10-19-11-16(22)13-5-7-14(18)8-6-13/h4-8,16,19,22H,1,9-11H2,2-3H3. The maximum Gasteiger partial charge on any atom is 0.216 e. The van der Waals surface area contributed by atoms with Crippen molar-refractivity contribution in [2.75, 3.05) is 13.2 Å². The molecular weight excluding hydrogens is 297 g/mol. The van der Waals surface area contributed by atoms with Crippen LogP contribution in [0.3, 0.4) is 0 Å². The molecular formula is C17H22FN3O2. The number of rotatable bonds is 8. The third-order valence-electron chi connectivity index (χ3n) is 3.52. The van der Waals surface area contributed by atoms with Crippen LogP contribution in [-0.4, -0.2) is 28.0 Å². The first-order valence-corrected chi connectivity index (χ1v) is 7.43. The minimum absolute atomic E-state index is 0.316. The molecule has 1 aromatic heterocycles. The highest BCUT2D eigenvalue weighted by Crippen LogP contribution is 2.21. The number of ether oxygens (including phenoxy) is 1. The van der Waals surface area contributed by atoms with Gasteiger partial charge in [0.25, 0.3) is 0 Å². The lowest BCUT2D eigenvalue weighted by Crippen LogP contribution is -2.21. The molecule has 1 atom stereocenters. The molecule has 124 valence electrons. The normalized spacial score (nSPS) is 12.2. The second-order valence-electron chi connectivity index (χ2n) is 5.29. The van der Waals surface area contributed by atoms with E-state index in [1.807, 2.05) is 14.0 Å². The SMILES string of the molecule is C=CCOc1c(CNCC(O)c2ccc(F)cc2)c(C)nn1C. The Kier molecular flexibility index (Phi) is 5.90. The Morgan fingerprint density at radius 2 is 2.13 bits per heavy atom. The third-order valence-corrected chi connectivity index (χ3v) is 3.52. The maximum atomic E-state index is 12.9. The minimum atomic E-state index is -0.704.